The third kappa shape index (κ3) is 6.55. The Kier molecular flexibility index (Phi) is 9.42. The molecule has 0 aromatic carbocycles. The third-order valence-corrected chi connectivity index (χ3v) is 5.25. The first-order chi connectivity index (χ1) is 13.0. The van der Waals surface area contributed by atoms with Crippen LogP contribution in [0.1, 0.15) is 44.8 Å². The number of morpholine rings is 1. The van der Waals surface area contributed by atoms with Gasteiger partial charge >= 0.3 is 0 Å². The number of ether oxygens (including phenoxy) is 1. The van der Waals surface area contributed by atoms with Crippen molar-refractivity contribution in [3.63, 3.8) is 0 Å². The Bertz CT molecular complexity index is 628. The van der Waals surface area contributed by atoms with Crippen LogP contribution in [0.4, 0.5) is 0 Å². The zero-order valence-corrected chi connectivity index (χ0v) is 20.0. The van der Waals surface area contributed by atoms with Crippen molar-refractivity contribution in [1.29, 1.82) is 0 Å². The van der Waals surface area contributed by atoms with Crippen LogP contribution >= 0.6 is 24.0 Å². The van der Waals surface area contributed by atoms with Crippen molar-refractivity contribution in [3.8, 4) is 0 Å². The molecule has 0 amide bonds. The Balaban J connectivity index is 0.00000280. The van der Waals surface area contributed by atoms with Gasteiger partial charge in [0.05, 0.1) is 19.8 Å². The smallest absolute Gasteiger partial charge is 0.191 e. The lowest BCUT2D eigenvalue weighted by Crippen LogP contribution is -2.49. The van der Waals surface area contributed by atoms with Gasteiger partial charge in [-0.05, 0) is 12.3 Å². The van der Waals surface area contributed by atoms with Gasteiger partial charge in [-0.1, -0.05) is 20.8 Å². The second-order valence-corrected chi connectivity index (χ2v) is 8.07. The van der Waals surface area contributed by atoms with Gasteiger partial charge in [-0.2, -0.15) is 5.10 Å². The Hall–Kier alpha value is -0.940. The molecule has 1 aromatic rings. The first-order valence-electron chi connectivity index (χ1n) is 10.3. The van der Waals surface area contributed by atoms with E-state index in [-0.39, 0.29) is 24.0 Å². The van der Waals surface area contributed by atoms with E-state index in [1.54, 1.807) is 0 Å². The molecule has 2 N–H and O–H groups in total. The minimum Gasteiger partial charge on any atom is -0.379 e. The zero-order valence-electron chi connectivity index (χ0n) is 17.6. The van der Waals surface area contributed by atoms with Crippen LogP contribution in [-0.4, -0.2) is 78.1 Å². The van der Waals surface area contributed by atoms with Crippen LogP contribution in [0.5, 0.6) is 0 Å². The van der Waals surface area contributed by atoms with E-state index in [1.807, 2.05) is 7.05 Å². The predicted octanol–water partition coefficient (Wildman–Crippen LogP) is 1.47. The van der Waals surface area contributed by atoms with Gasteiger partial charge in [-0.15, -0.1) is 24.0 Å². The molecule has 3 heterocycles. The van der Waals surface area contributed by atoms with E-state index < -0.39 is 0 Å². The second kappa shape index (κ2) is 11.3. The molecule has 1 saturated heterocycles. The van der Waals surface area contributed by atoms with E-state index in [4.69, 9.17) is 4.74 Å². The molecule has 160 valence electrons. The number of halogens is 1. The number of rotatable bonds is 6. The largest absolute Gasteiger partial charge is 0.379 e. The summed E-state index contributed by atoms with van der Waals surface area (Å²) in [6.07, 6.45) is 2.02. The molecule has 1 aromatic heterocycles. The fourth-order valence-electron chi connectivity index (χ4n) is 3.64. The van der Waals surface area contributed by atoms with Crippen LogP contribution in [0.3, 0.4) is 0 Å². The summed E-state index contributed by atoms with van der Waals surface area (Å²) < 4.78 is 7.48. The van der Waals surface area contributed by atoms with E-state index in [9.17, 15) is 0 Å². The average molecular weight is 505 g/mol. The molecule has 0 spiro atoms. The van der Waals surface area contributed by atoms with E-state index in [2.05, 4.69) is 56.1 Å². The molecule has 2 aliphatic rings. The SMILES string of the molecule is CN=C(NCC(C)CN1CCOCC1)NC1CCc2nc(C(C)C)nn2C1.I. The molecule has 28 heavy (non-hydrogen) atoms. The normalized spacial score (nSPS) is 21.8. The summed E-state index contributed by atoms with van der Waals surface area (Å²) in [6.45, 7) is 13.2. The van der Waals surface area contributed by atoms with Crippen molar-refractivity contribution in [2.75, 3.05) is 46.4 Å². The van der Waals surface area contributed by atoms with Crippen molar-refractivity contribution in [2.45, 2.75) is 52.1 Å². The van der Waals surface area contributed by atoms with Gasteiger partial charge in [0, 0.05) is 51.6 Å². The Morgan fingerprint density at radius 3 is 2.71 bits per heavy atom. The third-order valence-electron chi connectivity index (χ3n) is 5.25. The lowest BCUT2D eigenvalue weighted by molar-refractivity contribution is 0.0320. The predicted molar refractivity (Wildman–Crippen MR) is 123 cm³/mol. The summed E-state index contributed by atoms with van der Waals surface area (Å²) in [5.74, 6) is 3.87. The van der Waals surface area contributed by atoms with Crippen LogP contribution < -0.4 is 10.6 Å². The molecular weight excluding hydrogens is 469 g/mol. The van der Waals surface area contributed by atoms with Gasteiger partial charge in [0.2, 0.25) is 0 Å². The number of aryl methyl sites for hydroxylation is 1. The quantitative estimate of drug-likeness (QED) is 0.347. The summed E-state index contributed by atoms with van der Waals surface area (Å²) in [5.41, 5.74) is 0. The Labute approximate surface area is 185 Å². The van der Waals surface area contributed by atoms with E-state index >= 15 is 0 Å². The molecule has 2 atom stereocenters. The summed E-state index contributed by atoms with van der Waals surface area (Å²) in [6, 6.07) is 0.333. The highest BCUT2D eigenvalue weighted by Gasteiger charge is 2.23. The highest BCUT2D eigenvalue weighted by Crippen LogP contribution is 2.17. The van der Waals surface area contributed by atoms with Crippen molar-refractivity contribution in [3.05, 3.63) is 11.6 Å². The van der Waals surface area contributed by atoms with Crippen LogP contribution in [0.25, 0.3) is 0 Å². The van der Waals surface area contributed by atoms with E-state index in [0.29, 0.717) is 17.9 Å². The maximum atomic E-state index is 5.42. The first kappa shape index (κ1) is 23.3. The summed E-state index contributed by atoms with van der Waals surface area (Å²) in [7, 11) is 1.84. The topological polar surface area (TPSA) is 79.6 Å². The monoisotopic (exact) mass is 505 g/mol. The van der Waals surface area contributed by atoms with Gasteiger partial charge < -0.3 is 15.4 Å². The molecule has 2 aliphatic heterocycles. The highest BCUT2D eigenvalue weighted by molar-refractivity contribution is 14.0. The Morgan fingerprint density at radius 2 is 2.04 bits per heavy atom. The number of nitrogens with one attached hydrogen (secondary N) is 2. The van der Waals surface area contributed by atoms with Crippen LogP contribution in [0.15, 0.2) is 4.99 Å². The molecule has 0 saturated carbocycles. The van der Waals surface area contributed by atoms with Gasteiger partial charge in [0.25, 0.3) is 0 Å². The average Bonchev–Trinajstić information content (AvgIpc) is 3.09. The molecule has 1 fully saturated rings. The first-order valence-corrected chi connectivity index (χ1v) is 10.3. The number of nitrogens with zero attached hydrogens (tertiary/aromatic N) is 5. The molecule has 0 aliphatic carbocycles. The number of guanidine groups is 1. The van der Waals surface area contributed by atoms with Gasteiger partial charge in [-0.25, -0.2) is 9.67 Å². The van der Waals surface area contributed by atoms with Crippen LogP contribution in [0, 0.1) is 5.92 Å². The molecular formula is C19H36IN7O. The summed E-state index contributed by atoms with van der Waals surface area (Å²) in [4.78, 5) is 11.5. The molecule has 2 unspecified atom stereocenters. The summed E-state index contributed by atoms with van der Waals surface area (Å²) >= 11 is 0. The molecule has 0 radical (unpaired) electrons. The van der Waals surface area contributed by atoms with Gasteiger partial charge in [0.15, 0.2) is 11.8 Å². The molecule has 9 heteroatoms. The van der Waals surface area contributed by atoms with Gasteiger partial charge in [-0.3, -0.25) is 9.89 Å². The lowest BCUT2D eigenvalue weighted by atomic mass is 10.1. The standard InChI is InChI=1S/C19H35N7O.HI/c1-14(2)18-23-17-6-5-16(13-26(17)24-18)22-19(20-4)21-11-15(3)12-25-7-9-27-10-8-25;/h14-16H,5-13H2,1-4H3,(H2,20,21,22);1H. The van der Waals surface area contributed by atoms with Crippen LogP contribution in [-0.2, 0) is 17.7 Å². The van der Waals surface area contributed by atoms with Crippen molar-refractivity contribution in [2.24, 2.45) is 10.9 Å². The van der Waals surface area contributed by atoms with E-state index in [1.165, 1.54) is 0 Å². The maximum absolute atomic E-state index is 5.42. The fraction of sp³-hybridized carbons (Fsp3) is 0.842. The molecule has 3 rings (SSSR count). The Morgan fingerprint density at radius 1 is 1.29 bits per heavy atom. The minimum absolute atomic E-state index is 0. The van der Waals surface area contributed by atoms with Gasteiger partial charge in [0.1, 0.15) is 5.82 Å². The number of aromatic nitrogens is 3. The fourth-order valence-corrected chi connectivity index (χ4v) is 3.64. The van der Waals surface area contributed by atoms with Crippen LogP contribution in [0.2, 0.25) is 0 Å². The highest BCUT2D eigenvalue weighted by atomic mass is 127. The lowest BCUT2D eigenvalue weighted by Gasteiger charge is -2.30. The number of hydrogen-bond acceptors (Lipinski definition) is 5. The van der Waals surface area contributed by atoms with E-state index in [0.717, 1.165) is 76.4 Å². The number of fused-ring (bicyclic) bond motifs is 1. The number of hydrogen-bond donors (Lipinski definition) is 2. The zero-order chi connectivity index (χ0) is 19.2. The summed E-state index contributed by atoms with van der Waals surface area (Å²) in [5, 5.41) is 11.7. The molecule has 8 nitrogen and oxygen atoms in total. The minimum atomic E-state index is 0. The van der Waals surface area contributed by atoms with Crippen molar-refractivity contribution >= 4 is 29.9 Å². The second-order valence-electron chi connectivity index (χ2n) is 8.07. The maximum Gasteiger partial charge on any atom is 0.191 e. The molecule has 0 bridgehead atoms. The number of aliphatic imine (C=N–C) groups is 1. The van der Waals surface area contributed by atoms with Crippen molar-refractivity contribution in [1.82, 2.24) is 30.3 Å². The van der Waals surface area contributed by atoms with Crippen molar-refractivity contribution < 1.29 is 4.74 Å².